The van der Waals surface area contributed by atoms with Crippen molar-refractivity contribution in [2.24, 2.45) is 17.3 Å². The van der Waals surface area contributed by atoms with Crippen LogP contribution in [-0.4, -0.2) is 10.8 Å². The van der Waals surface area contributed by atoms with Gasteiger partial charge in [-0.05, 0) is 68.9 Å². The highest BCUT2D eigenvalue weighted by molar-refractivity contribution is 5.83. The number of aromatic nitrogens is 1. The summed E-state index contributed by atoms with van der Waals surface area (Å²) in [6, 6.07) is 1.57. The van der Waals surface area contributed by atoms with Crippen molar-refractivity contribution in [2.45, 2.75) is 85.5 Å². The number of nitrogens with zero attached hydrogens (tertiary/aromatic N) is 1. The van der Waals surface area contributed by atoms with E-state index in [1.165, 1.54) is 38.3 Å². The highest BCUT2D eigenvalue weighted by Gasteiger charge is 2.51. The minimum absolute atomic E-state index is 0.0294. The lowest BCUT2D eigenvalue weighted by atomic mass is 9.77. The summed E-state index contributed by atoms with van der Waals surface area (Å²) in [5, 5.41) is 0. The largest absolute Gasteiger partial charge is 0.299 e. The van der Waals surface area contributed by atoms with Gasteiger partial charge in [-0.3, -0.25) is 9.78 Å². The van der Waals surface area contributed by atoms with Gasteiger partial charge in [-0.1, -0.05) is 33.6 Å². The third-order valence-electron chi connectivity index (χ3n) is 6.26. The van der Waals surface area contributed by atoms with E-state index >= 15 is 0 Å². The predicted molar refractivity (Wildman–Crippen MR) is 101 cm³/mol. The lowest BCUT2D eigenvalue weighted by Gasteiger charge is -2.25. The van der Waals surface area contributed by atoms with Gasteiger partial charge in [-0.15, -0.1) is 0 Å². The molecule has 2 nitrogen and oxygen atoms in total. The molecule has 2 fully saturated rings. The second-order valence-electron chi connectivity index (χ2n) is 8.13. The van der Waals surface area contributed by atoms with Crippen molar-refractivity contribution in [3.8, 4) is 0 Å². The molecule has 0 aromatic carbocycles. The number of carbonyl (C=O) groups is 1. The average Bonchev–Trinajstić information content (AvgIpc) is 3.13. The van der Waals surface area contributed by atoms with Crippen LogP contribution in [0.5, 0.6) is 0 Å². The fraction of sp³-hybridized carbons (Fsp3) is 0.727. The fourth-order valence-corrected chi connectivity index (χ4v) is 5.00. The molecule has 3 atom stereocenters. The zero-order valence-corrected chi connectivity index (χ0v) is 16.7. The van der Waals surface area contributed by atoms with Crippen LogP contribution in [0.15, 0.2) is 12.3 Å². The summed E-state index contributed by atoms with van der Waals surface area (Å²) in [6.07, 6.45) is 7.76. The molecule has 0 N–H and O–H groups in total. The Morgan fingerprint density at radius 3 is 2.65 bits per heavy atom. The first-order valence-corrected chi connectivity index (χ1v) is 10.1. The third-order valence-corrected chi connectivity index (χ3v) is 6.26. The maximum atomic E-state index is 12.4. The Morgan fingerprint density at radius 1 is 1.38 bits per heavy atom. The maximum Gasteiger partial charge on any atom is 0.265 e. The van der Waals surface area contributed by atoms with Crippen molar-refractivity contribution in [3.05, 3.63) is 29.1 Å². The van der Waals surface area contributed by atoms with Crippen molar-refractivity contribution in [1.82, 2.24) is 4.98 Å². The van der Waals surface area contributed by atoms with Crippen LogP contribution < -0.4 is 0 Å². The van der Waals surface area contributed by atoms with Gasteiger partial charge >= 0.3 is 0 Å². The van der Waals surface area contributed by atoms with E-state index in [9.17, 15) is 13.6 Å². The van der Waals surface area contributed by atoms with Gasteiger partial charge in [0.05, 0.1) is 0 Å². The van der Waals surface area contributed by atoms with E-state index in [-0.39, 0.29) is 11.0 Å². The molecular weight excluding hydrogens is 332 g/mol. The van der Waals surface area contributed by atoms with E-state index in [2.05, 4.69) is 18.8 Å². The van der Waals surface area contributed by atoms with Gasteiger partial charge in [-0.25, -0.2) is 8.78 Å². The molecule has 0 amide bonds. The predicted octanol–water partition coefficient (Wildman–Crippen LogP) is 6.33. The molecule has 1 aromatic heterocycles. The summed E-state index contributed by atoms with van der Waals surface area (Å²) in [5.41, 5.74) is 2.07. The van der Waals surface area contributed by atoms with Crippen molar-refractivity contribution in [3.63, 3.8) is 0 Å². The summed E-state index contributed by atoms with van der Waals surface area (Å²) in [7, 11) is 0. The first kappa shape index (κ1) is 21.0. The van der Waals surface area contributed by atoms with Crippen molar-refractivity contribution in [1.29, 1.82) is 0 Å². The number of halogens is 2. The van der Waals surface area contributed by atoms with Gasteiger partial charge in [0, 0.05) is 22.9 Å². The molecular formula is C22H33F2NO. The van der Waals surface area contributed by atoms with Gasteiger partial charge < -0.3 is 0 Å². The lowest BCUT2D eigenvalue weighted by molar-refractivity contribution is -0.127. The second-order valence-corrected chi connectivity index (χ2v) is 8.13. The number of hydrogen-bond donors (Lipinski definition) is 0. The highest BCUT2D eigenvalue weighted by atomic mass is 19.3. The van der Waals surface area contributed by atoms with Crippen LogP contribution in [0.3, 0.4) is 0 Å². The van der Waals surface area contributed by atoms with Crippen LogP contribution in [-0.2, 0) is 17.6 Å². The maximum absolute atomic E-state index is 12.4. The molecule has 4 heteroatoms. The first-order chi connectivity index (χ1) is 12.3. The molecule has 0 bridgehead atoms. The van der Waals surface area contributed by atoms with E-state index < -0.39 is 6.43 Å². The number of alkyl halides is 2. The Hall–Kier alpha value is -1.32. The Balaban J connectivity index is 0.000000189. The van der Waals surface area contributed by atoms with E-state index in [0.717, 1.165) is 42.4 Å². The molecule has 0 aliphatic heterocycles. The first-order valence-electron chi connectivity index (χ1n) is 10.1. The number of Topliss-reactive ketones (excluding diaryl/α,β-unsaturated/α-hetero) is 1. The average molecular weight is 366 g/mol. The third kappa shape index (κ3) is 4.50. The quantitative estimate of drug-likeness (QED) is 0.610. The summed E-state index contributed by atoms with van der Waals surface area (Å²) < 4.78 is 24.7. The van der Waals surface area contributed by atoms with Crippen LogP contribution in [0.2, 0.25) is 0 Å². The lowest BCUT2D eigenvalue weighted by Crippen LogP contribution is -2.28. The topological polar surface area (TPSA) is 30.0 Å². The number of aryl methyl sites for hydroxylation is 2. The zero-order valence-electron chi connectivity index (χ0n) is 16.7. The monoisotopic (exact) mass is 365 g/mol. The van der Waals surface area contributed by atoms with Crippen LogP contribution in [0.4, 0.5) is 8.78 Å². The molecule has 2 aliphatic carbocycles. The van der Waals surface area contributed by atoms with Crippen molar-refractivity contribution < 1.29 is 13.6 Å². The van der Waals surface area contributed by atoms with Crippen molar-refractivity contribution >= 4 is 5.78 Å². The summed E-state index contributed by atoms with van der Waals surface area (Å²) >= 11 is 0. The van der Waals surface area contributed by atoms with Crippen LogP contribution in [0.1, 0.15) is 89.5 Å². The van der Waals surface area contributed by atoms with Gasteiger partial charge in [0.1, 0.15) is 5.78 Å². The number of rotatable bonds is 5. The van der Waals surface area contributed by atoms with Gasteiger partial charge in [-0.2, -0.15) is 0 Å². The smallest absolute Gasteiger partial charge is 0.265 e. The van der Waals surface area contributed by atoms with Crippen LogP contribution in [0.25, 0.3) is 0 Å². The highest BCUT2D eigenvalue weighted by Crippen LogP contribution is 2.56. The number of carbonyl (C=O) groups excluding carboxylic acids is 1. The Kier molecular flexibility index (Phi) is 7.31. The number of ketones is 1. The normalized spacial score (nSPS) is 27.2. The van der Waals surface area contributed by atoms with E-state index in [1.807, 2.05) is 6.92 Å². The fourth-order valence-electron chi connectivity index (χ4n) is 5.00. The van der Waals surface area contributed by atoms with Gasteiger partial charge in [0.25, 0.3) is 6.43 Å². The van der Waals surface area contributed by atoms with Gasteiger partial charge in [0.15, 0.2) is 0 Å². The van der Waals surface area contributed by atoms with Gasteiger partial charge in [0.2, 0.25) is 0 Å². The molecule has 0 spiro atoms. The zero-order chi connectivity index (χ0) is 19.3. The van der Waals surface area contributed by atoms with Crippen LogP contribution >= 0.6 is 0 Å². The molecule has 3 rings (SSSR count). The molecule has 146 valence electrons. The van der Waals surface area contributed by atoms with Crippen molar-refractivity contribution in [2.75, 3.05) is 0 Å². The molecule has 0 saturated heterocycles. The minimum atomic E-state index is -2.41. The summed E-state index contributed by atoms with van der Waals surface area (Å²) in [4.78, 5) is 15.7. The Labute approximate surface area is 156 Å². The molecule has 2 saturated carbocycles. The summed E-state index contributed by atoms with van der Waals surface area (Å²) in [6.45, 7) is 8.12. The number of hydrogen-bond acceptors (Lipinski definition) is 2. The Morgan fingerprint density at radius 2 is 2.12 bits per heavy atom. The summed E-state index contributed by atoms with van der Waals surface area (Å²) in [5.74, 6) is 2.00. The minimum Gasteiger partial charge on any atom is -0.299 e. The standard InChI is InChI=1S/C11H15F2N.C11H18O/c1-3-5-10-8(4-2)6-9(7-14-10)11(12)13;1-8-6-10-4-3-5-11(10,7-8)9(2)12/h6-7,11H,3-5H2,1-2H3;8,10H,3-7H2,1-2H3. The SMILES string of the molecule is CC(=O)C12CCCC1CC(C)C2.CCCc1ncc(C(F)F)cc1CC. The number of pyridine rings is 1. The molecule has 26 heavy (non-hydrogen) atoms. The molecule has 2 aliphatic rings. The molecule has 3 unspecified atom stereocenters. The molecule has 1 aromatic rings. The van der Waals surface area contributed by atoms with E-state index in [4.69, 9.17) is 0 Å². The Bertz CT molecular complexity index is 616. The van der Waals surface area contributed by atoms with E-state index in [0.29, 0.717) is 5.78 Å². The van der Waals surface area contributed by atoms with Crippen LogP contribution in [0, 0.1) is 17.3 Å². The molecule has 1 heterocycles. The number of fused-ring (bicyclic) bond motifs is 1. The van der Waals surface area contributed by atoms with E-state index in [1.54, 1.807) is 13.0 Å². The molecule has 0 radical (unpaired) electrons. The second kappa shape index (κ2) is 9.05.